The van der Waals surface area contributed by atoms with Crippen LogP contribution in [-0.2, 0) is 14.8 Å². The summed E-state index contributed by atoms with van der Waals surface area (Å²) in [5.74, 6) is 0.398. The first-order valence-electron chi connectivity index (χ1n) is 9.13. The first-order valence-corrected chi connectivity index (χ1v) is 11.0. The summed E-state index contributed by atoms with van der Waals surface area (Å²) in [7, 11) is -3.62. The lowest BCUT2D eigenvalue weighted by Gasteiger charge is -2.28. The fraction of sp³-hybridized carbons (Fsp3) is 0.381. The Morgan fingerprint density at radius 2 is 1.68 bits per heavy atom. The molecule has 2 aromatic carbocycles. The van der Waals surface area contributed by atoms with Crippen molar-refractivity contribution >= 4 is 21.6 Å². The average molecular weight is 405 g/mol. The van der Waals surface area contributed by atoms with Gasteiger partial charge in [-0.3, -0.25) is 9.10 Å². The number of carbonyl (C=O) groups excluding carboxylic acids is 1. The fourth-order valence-corrected chi connectivity index (χ4v) is 4.02. The Kier molecular flexibility index (Phi) is 7.07. The van der Waals surface area contributed by atoms with E-state index < -0.39 is 16.1 Å². The zero-order valence-electron chi connectivity index (χ0n) is 17.0. The molecule has 0 aliphatic rings. The maximum Gasteiger partial charge on any atom is 0.243 e. The molecule has 0 radical (unpaired) electrons. The van der Waals surface area contributed by atoms with E-state index in [0.717, 1.165) is 33.0 Å². The summed E-state index contributed by atoms with van der Waals surface area (Å²) in [6.07, 6.45) is 1.10. The Hall–Kier alpha value is -2.54. The van der Waals surface area contributed by atoms with E-state index in [4.69, 9.17) is 4.74 Å². The summed E-state index contributed by atoms with van der Waals surface area (Å²) < 4.78 is 31.4. The lowest BCUT2D eigenvalue weighted by Crippen LogP contribution is -2.48. The Labute approximate surface area is 167 Å². The summed E-state index contributed by atoms with van der Waals surface area (Å²) in [4.78, 5) is 12.5. The van der Waals surface area contributed by atoms with Crippen molar-refractivity contribution in [2.45, 2.75) is 33.7 Å². The molecule has 1 atom stereocenters. The van der Waals surface area contributed by atoms with Gasteiger partial charge in [-0.15, -0.1) is 0 Å². The number of aryl methyl sites for hydroxylation is 3. The molecule has 1 amide bonds. The predicted octanol–water partition coefficient (Wildman–Crippen LogP) is 2.96. The van der Waals surface area contributed by atoms with E-state index in [1.54, 1.807) is 19.1 Å². The number of ether oxygens (including phenoxy) is 1. The summed E-state index contributed by atoms with van der Waals surface area (Å²) in [6.45, 7) is 8.01. The van der Waals surface area contributed by atoms with E-state index in [1.807, 2.05) is 51.1 Å². The number of amides is 1. The van der Waals surface area contributed by atoms with Gasteiger partial charge < -0.3 is 10.1 Å². The van der Waals surface area contributed by atoms with Crippen molar-refractivity contribution < 1.29 is 17.9 Å². The van der Waals surface area contributed by atoms with Crippen LogP contribution in [0, 0.1) is 20.8 Å². The molecule has 0 bridgehead atoms. The van der Waals surface area contributed by atoms with Crippen molar-refractivity contribution in [3.63, 3.8) is 0 Å². The predicted molar refractivity (Wildman–Crippen MR) is 112 cm³/mol. The van der Waals surface area contributed by atoms with Gasteiger partial charge in [-0.1, -0.05) is 29.8 Å². The third-order valence-electron chi connectivity index (χ3n) is 4.38. The van der Waals surface area contributed by atoms with E-state index in [9.17, 15) is 13.2 Å². The van der Waals surface area contributed by atoms with Gasteiger partial charge in [-0.2, -0.15) is 0 Å². The fourth-order valence-electron chi connectivity index (χ4n) is 2.85. The summed E-state index contributed by atoms with van der Waals surface area (Å²) in [5, 5.41) is 2.75. The van der Waals surface area contributed by atoms with Crippen LogP contribution < -0.4 is 14.4 Å². The number of nitrogens with one attached hydrogen (secondary N) is 1. The summed E-state index contributed by atoms with van der Waals surface area (Å²) in [6, 6.07) is 12.1. The van der Waals surface area contributed by atoms with Crippen LogP contribution in [0.5, 0.6) is 5.75 Å². The smallest absolute Gasteiger partial charge is 0.243 e. The molecule has 152 valence electrons. The molecule has 1 N–H and O–H groups in total. The van der Waals surface area contributed by atoms with Crippen LogP contribution in [-0.4, -0.2) is 39.8 Å². The Balaban J connectivity index is 1.99. The van der Waals surface area contributed by atoms with Crippen LogP contribution in [0.2, 0.25) is 0 Å². The maximum absolute atomic E-state index is 12.5. The lowest BCUT2D eigenvalue weighted by molar-refractivity contribution is -0.121. The van der Waals surface area contributed by atoms with Gasteiger partial charge in [0.05, 0.1) is 18.5 Å². The minimum absolute atomic E-state index is 0.280. The van der Waals surface area contributed by atoms with Crippen LogP contribution in [0.1, 0.15) is 23.6 Å². The average Bonchev–Trinajstić information content (AvgIpc) is 2.62. The molecule has 2 rings (SSSR count). The molecule has 0 saturated carbocycles. The molecule has 7 heteroatoms. The summed E-state index contributed by atoms with van der Waals surface area (Å²) in [5.41, 5.74) is 3.59. The zero-order chi connectivity index (χ0) is 20.9. The first kappa shape index (κ1) is 21.8. The topological polar surface area (TPSA) is 75.7 Å². The molecular weight excluding hydrogens is 376 g/mol. The minimum atomic E-state index is -3.62. The van der Waals surface area contributed by atoms with E-state index in [-0.39, 0.29) is 12.5 Å². The largest absolute Gasteiger partial charge is 0.491 e. The lowest BCUT2D eigenvalue weighted by atomic mass is 10.1. The molecule has 0 aliphatic carbocycles. The van der Waals surface area contributed by atoms with Crippen LogP contribution in [0.3, 0.4) is 0 Å². The van der Waals surface area contributed by atoms with Crippen molar-refractivity contribution in [2.75, 3.05) is 23.7 Å². The van der Waals surface area contributed by atoms with Gasteiger partial charge in [-0.25, -0.2) is 8.42 Å². The number of sulfonamides is 1. The second-order valence-corrected chi connectivity index (χ2v) is 8.84. The summed E-state index contributed by atoms with van der Waals surface area (Å²) >= 11 is 0. The molecule has 6 nitrogen and oxygen atoms in total. The van der Waals surface area contributed by atoms with E-state index in [1.165, 1.54) is 0 Å². The van der Waals surface area contributed by atoms with Gasteiger partial charge in [0.25, 0.3) is 0 Å². The zero-order valence-corrected chi connectivity index (χ0v) is 17.8. The van der Waals surface area contributed by atoms with Gasteiger partial charge in [0.2, 0.25) is 15.9 Å². The van der Waals surface area contributed by atoms with Crippen molar-refractivity contribution in [3.05, 3.63) is 59.2 Å². The molecule has 0 heterocycles. The molecule has 0 aromatic heterocycles. The number of carbonyl (C=O) groups is 1. The second-order valence-electron chi connectivity index (χ2n) is 6.98. The molecule has 0 spiro atoms. The molecular formula is C21H28N2O4S. The third-order valence-corrected chi connectivity index (χ3v) is 5.62. The van der Waals surface area contributed by atoms with Crippen LogP contribution in [0.25, 0.3) is 0 Å². The SMILES string of the molecule is Cc1ccc(N([C@H](C)C(=O)NCCOc2cc(C)ccc2C)S(C)(=O)=O)cc1. The minimum Gasteiger partial charge on any atom is -0.491 e. The monoisotopic (exact) mass is 404 g/mol. The number of rotatable bonds is 8. The molecule has 2 aromatic rings. The highest BCUT2D eigenvalue weighted by molar-refractivity contribution is 7.92. The highest BCUT2D eigenvalue weighted by atomic mass is 32.2. The van der Waals surface area contributed by atoms with E-state index in [2.05, 4.69) is 5.32 Å². The van der Waals surface area contributed by atoms with Crippen molar-refractivity contribution in [3.8, 4) is 5.75 Å². The van der Waals surface area contributed by atoms with Gasteiger partial charge in [0, 0.05) is 0 Å². The highest BCUT2D eigenvalue weighted by Gasteiger charge is 2.28. The molecule has 28 heavy (non-hydrogen) atoms. The Morgan fingerprint density at radius 1 is 1.07 bits per heavy atom. The van der Waals surface area contributed by atoms with Crippen LogP contribution in [0.4, 0.5) is 5.69 Å². The number of nitrogens with zero attached hydrogens (tertiary/aromatic N) is 1. The highest BCUT2D eigenvalue weighted by Crippen LogP contribution is 2.21. The molecule has 0 aliphatic heterocycles. The first-order chi connectivity index (χ1) is 13.1. The normalized spacial score (nSPS) is 12.3. The van der Waals surface area contributed by atoms with Gasteiger partial charge in [-0.05, 0) is 57.0 Å². The number of hydrogen-bond acceptors (Lipinski definition) is 4. The van der Waals surface area contributed by atoms with Crippen molar-refractivity contribution in [1.82, 2.24) is 5.32 Å². The molecule has 0 unspecified atom stereocenters. The second kappa shape index (κ2) is 9.10. The third kappa shape index (κ3) is 5.73. The van der Waals surface area contributed by atoms with Crippen LogP contribution in [0.15, 0.2) is 42.5 Å². The molecule has 0 saturated heterocycles. The number of hydrogen-bond donors (Lipinski definition) is 1. The van der Waals surface area contributed by atoms with Crippen LogP contribution >= 0.6 is 0 Å². The van der Waals surface area contributed by atoms with Gasteiger partial charge in [0.15, 0.2) is 0 Å². The Morgan fingerprint density at radius 3 is 2.29 bits per heavy atom. The number of benzene rings is 2. The van der Waals surface area contributed by atoms with Crippen molar-refractivity contribution in [2.24, 2.45) is 0 Å². The van der Waals surface area contributed by atoms with E-state index in [0.29, 0.717) is 12.3 Å². The Bertz CT molecular complexity index is 924. The van der Waals surface area contributed by atoms with Gasteiger partial charge >= 0.3 is 0 Å². The number of anilines is 1. The molecule has 0 fully saturated rings. The quantitative estimate of drug-likeness (QED) is 0.687. The van der Waals surface area contributed by atoms with Gasteiger partial charge in [0.1, 0.15) is 18.4 Å². The van der Waals surface area contributed by atoms with E-state index >= 15 is 0 Å². The van der Waals surface area contributed by atoms with Crippen molar-refractivity contribution in [1.29, 1.82) is 0 Å². The maximum atomic E-state index is 12.5. The standard InChI is InChI=1S/C21H28N2O4S/c1-15-7-10-19(11-8-15)23(28(5,25)26)18(4)21(24)22-12-13-27-20-14-16(2)6-9-17(20)3/h6-11,14,18H,12-13H2,1-5H3,(H,22,24)/t18-/m1/s1.